The molecule has 27 heavy (non-hydrogen) atoms. The molecule has 0 unspecified atom stereocenters. The Bertz CT molecular complexity index is 1090. The molecule has 0 spiro atoms. The first-order valence-electron chi connectivity index (χ1n) is 9.39. The third kappa shape index (κ3) is 3.02. The number of benzene rings is 2. The summed E-state index contributed by atoms with van der Waals surface area (Å²) in [7, 11) is 0. The molecule has 136 valence electrons. The van der Waals surface area contributed by atoms with Gasteiger partial charge >= 0.3 is 0 Å². The fraction of sp³-hybridized carbons (Fsp3) is 0.286. The Morgan fingerprint density at radius 2 is 1.78 bits per heavy atom. The normalized spacial score (nSPS) is 15.7. The Kier molecular flexibility index (Phi) is 3.98. The number of anilines is 1. The fourth-order valence-electron chi connectivity index (χ4n) is 3.94. The lowest BCUT2D eigenvalue weighted by Gasteiger charge is -2.36. The summed E-state index contributed by atoms with van der Waals surface area (Å²) in [6.07, 6.45) is 1.57. The third-order valence-corrected chi connectivity index (χ3v) is 5.33. The molecule has 2 aromatic heterocycles. The molecule has 0 atom stereocenters. The quantitative estimate of drug-likeness (QED) is 0.564. The number of nitrogens with zero attached hydrogens (tertiary/aromatic N) is 6. The van der Waals surface area contributed by atoms with E-state index in [2.05, 4.69) is 73.4 Å². The van der Waals surface area contributed by atoms with Crippen LogP contribution >= 0.6 is 0 Å². The number of hydrogen-bond acceptors (Lipinski definition) is 5. The van der Waals surface area contributed by atoms with Crippen LogP contribution in [-0.2, 0) is 6.54 Å². The van der Waals surface area contributed by atoms with Crippen LogP contribution in [0.25, 0.3) is 16.6 Å². The first kappa shape index (κ1) is 16.2. The minimum absolute atomic E-state index is 0.670. The SMILES string of the molecule is Cc1cc(N2CCN(Cc3cccc4ccccc34)CC2)n2ncnc2n1. The topological polar surface area (TPSA) is 49.6 Å². The molecular weight excluding hydrogens is 336 g/mol. The summed E-state index contributed by atoms with van der Waals surface area (Å²) in [5, 5.41) is 7.02. The number of hydrogen-bond donors (Lipinski definition) is 0. The third-order valence-electron chi connectivity index (χ3n) is 5.33. The second kappa shape index (κ2) is 6.63. The van der Waals surface area contributed by atoms with Crippen molar-refractivity contribution in [2.75, 3.05) is 31.1 Å². The highest BCUT2D eigenvalue weighted by molar-refractivity contribution is 5.85. The molecule has 0 N–H and O–H groups in total. The average Bonchev–Trinajstić information content (AvgIpc) is 3.17. The zero-order chi connectivity index (χ0) is 18.2. The van der Waals surface area contributed by atoms with Gasteiger partial charge in [-0.15, -0.1) is 0 Å². The first-order chi connectivity index (χ1) is 13.3. The van der Waals surface area contributed by atoms with E-state index in [9.17, 15) is 0 Å². The van der Waals surface area contributed by atoms with Gasteiger partial charge in [-0.05, 0) is 23.3 Å². The van der Waals surface area contributed by atoms with E-state index in [0.717, 1.165) is 44.2 Å². The maximum Gasteiger partial charge on any atom is 0.254 e. The van der Waals surface area contributed by atoms with Crippen molar-refractivity contribution in [3.05, 3.63) is 66.1 Å². The Morgan fingerprint density at radius 3 is 2.67 bits per heavy atom. The van der Waals surface area contributed by atoms with Gasteiger partial charge in [0.15, 0.2) is 0 Å². The van der Waals surface area contributed by atoms with Gasteiger partial charge in [-0.1, -0.05) is 42.5 Å². The lowest BCUT2D eigenvalue weighted by Crippen LogP contribution is -2.46. The molecular formula is C21H22N6. The summed E-state index contributed by atoms with van der Waals surface area (Å²) >= 11 is 0. The molecule has 0 radical (unpaired) electrons. The number of aromatic nitrogens is 4. The predicted molar refractivity (Wildman–Crippen MR) is 107 cm³/mol. The van der Waals surface area contributed by atoms with Gasteiger partial charge in [-0.25, -0.2) is 4.98 Å². The van der Waals surface area contributed by atoms with Crippen LogP contribution in [-0.4, -0.2) is 50.7 Å². The van der Waals surface area contributed by atoms with E-state index in [0.29, 0.717) is 5.78 Å². The lowest BCUT2D eigenvalue weighted by molar-refractivity contribution is 0.250. The Morgan fingerprint density at radius 1 is 0.963 bits per heavy atom. The molecule has 0 amide bonds. The largest absolute Gasteiger partial charge is 0.354 e. The molecule has 0 bridgehead atoms. The lowest BCUT2D eigenvalue weighted by atomic mass is 10.0. The number of aryl methyl sites for hydroxylation is 1. The summed E-state index contributed by atoms with van der Waals surface area (Å²) in [5.41, 5.74) is 2.38. The van der Waals surface area contributed by atoms with Gasteiger partial charge in [-0.3, -0.25) is 4.90 Å². The van der Waals surface area contributed by atoms with Crippen molar-refractivity contribution in [1.29, 1.82) is 0 Å². The second-order valence-electron chi connectivity index (χ2n) is 7.13. The smallest absolute Gasteiger partial charge is 0.254 e. The molecule has 1 aliphatic rings. The van der Waals surface area contributed by atoms with Gasteiger partial charge in [0, 0.05) is 44.5 Å². The Hall–Kier alpha value is -2.99. The van der Waals surface area contributed by atoms with Crippen LogP contribution in [0, 0.1) is 6.92 Å². The zero-order valence-corrected chi connectivity index (χ0v) is 15.4. The minimum atomic E-state index is 0.670. The van der Waals surface area contributed by atoms with Gasteiger partial charge in [0.25, 0.3) is 5.78 Å². The molecule has 3 heterocycles. The molecule has 0 saturated carbocycles. The van der Waals surface area contributed by atoms with Gasteiger partial charge in [0.2, 0.25) is 0 Å². The van der Waals surface area contributed by atoms with Crippen molar-refractivity contribution in [2.24, 2.45) is 0 Å². The van der Waals surface area contributed by atoms with Gasteiger partial charge < -0.3 is 4.90 Å². The van der Waals surface area contributed by atoms with Crippen LogP contribution in [0.5, 0.6) is 0 Å². The van der Waals surface area contributed by atoms with E-state index in [1.54, 1.807) is 6.33 Å². The standard InChI is InChI=1S/C21H22N6/c1-16-13-20(27-21(24-16)22-15-23-27)26-11-9-25(10-12-26)14-18-7-4-6-17-5-2-3-8-19(17)18/h2-8,13,15H,9-12,14H2,1H3. The molecule has 1 aliphatic heterocycles. The van der Waals surface area contributed by atoms with Crippen molar-refractivity contribution < 1.29 is 0 Å². The molecule has 4 aromatic rings. The predicted octanol–water partition coefficient (Wildman–Crippen LogP) is 2.91. The van der Waals surface area contributed by atoms with Gasteiger partial charge in [0.05, 0.1) is 0 Å². The van der Waals surface area contributed by atoms with E-state index in [4.69, 9.17) is 0 Å². The van der Waals surface area contributed by atoms with E-state index < -0.39 is 0 Å². The molecule has 1 fully saturated rings. The van der Waals surface area contributed by atoms with Crippen LogP contribution in [0.4, 0.5) is 5.82 Å². The van der Waals surface area contributed by atoms with Crippen LogP contribution < -0.4 is 4.90 Å². The number of piperazine rings is 1. The van der Waals surface area contributed by atoms with E-state index in [-0.39, 0.29) is 0 Å². The highest BCUT2D eigenvalue weighted by atomic mass is 15.4. The van der Waals surface area contributed by atoms with Crippen LogP contribution in [0.2, 0.25) is 0 Å². The second-order valence-corrected chi connectivity index (χ2v) is 7.13. The maximum absolute atomic E-state index is 4.44. The van der Waals surface area contributed by atoms with Crippen molar-refractivity contribution >= 4 is 22.4 Å². The first-order valence-corrected chi connectivity index (χ1v) is 9.39. The molecule has 6 nitrogen and oxygen atoms in total. The van der Waals surface area contributed by atoms with Gasteiger partial charge in [0.1, 0.15) is 12.1 Å². The summed E-state index contributed by atoms with van der Waals surface area (Å²) in [6.45, 7) is 7.01. The van der Waals surface area contributed by atoms with Gasteiger partial charge in [-0.2, -0.15) is 14.6 Å². The maximum atomic E-state index is 4.44. The van der Waals surface area contributed by atoms with Crippen LogP contribution in [0.15, 0.2) is 54.9 Å². The zero-order valence-electron chi connectivity index (χ0n) is 15.4. The van der Waals surface area contributed by atoms with Crippen molar-refractivity contribution in [1.82, 2.24) is 24.5 Å². The summed E-state index contributed by atoms with van der Waals surface area (Å²) in [4.78, 5) is 13.6. The number of rotatable bonds is 3. The van der Waals surface area contributed by atoms with Crippen LogP contribution in [0.1, 0.15) is 11.3 Å². The van der Waals surface area contributed by atoms with Crippen LogP contribution in [0.3, 0.4) is 0 Å². The van der Waals surface area contributed by atoms with E-state index in [1.807, 2.05) is 11.4 Å². The molecule has 1 saturated heterocycles. The molecule has 0 aliphatic carbocycles. The highest BCUT2D eigenvalue weighted by Crippen LogP contribution is 2.22. The van der Waals surface area contributed by atoms with E-state index in [1.165, 1.54) is 16.3 Å². The Labute approximate surface area is 158 Å². The van der Waals surface area contributed by atoms with Crippen molar-refractivity contribution in [3.63, 3.8) is 0 Å². The molecule has 2 aromatic carbocycles. The fourth-order valence-corrected chi connectivity index (χ4v) is 3.94. The monoisotopic (exact) mass is 358 g/mol. The summed E-state index contributed by atoms with van der Waals surface area (Å²) in [6, 6.07) is 17.3. The average molecular weight is 358 g/mol. The number of fused-ring (bicyclic) bond motifs is 2. The highest BCUT2D eigenvalue weighted by Gasteiger charge is 2.20. The Balaban J connectivity index is 1.33. The molecule has 5 rings (SSSR count). The summed E-state index contributed by atoms with van der Waals surface area (Å²) in [5.74, 6) is 1.75. The van der Waals surface area contributed by atoms with Crippen molar-refractivity contribution in [2.45, 2.75) is 13.5 Å². The summed E-state index contributed by atoms with van der Waals surface area (Å²) < 4.78 is 1.84. The van der Waals surface area contributed by atoms with Crippen molar-refractivity contribution in [3.8, 4) is 0 Å². The minimum Gasteiger partial charge on any atom is -0.354 e. The molecule has 6 heteroatoms. The van der Waals surface area contributed by atoms with E-state index >= 15 is 0 Å².